The van der Waals surface area contributed by atoms with E-state index >= 15 is 0 Å². The monoisotopic (exact) mass is 245 g/mol. The highest BCUT2D eigenvalue weighted by Crippen LogP contribution is 2.33. The number of rotatable bonds is 3. The molecular formula is C16H23NO. The van der Waals surface area contributed by atoms with E-state index in [9.17, 15) is 0 Å². The van der Waals surface area contributed by atoms with Crippen molar-refractivity contribution in [3.63, 3.8) is 0 Å². The highest BCUT2D eigenvalue weighted by Gasteiger charge is 2.20. The molecule has 0 aromatic heterocycles. The number of hydrogen-bond acceptors (Lipinski definition) is 2. The summed E-state index contributed by atoms with van der Waals surface area (Å²) in [6.07, 6.45) is 8.82. The van der Waals surface area contributed by atoms with Crippen molar-refractivity contribution in [2.24, 2.45) is 0 Å². The fourth-order valence-corrected chi connectivity index (χ4v) is 3.45. The minimum Gasteiger partial charge on any atom is -0.496 e. The van der Waals surface area contributed by atoms with Gasteiger partial charge >= 0.3 is 0 Å². The second-order valence-electron chi connectivity index (χ2n) is 5.60. The summed E-state index contributed by atoms with van der Waals surface area (Å²) in [6.45, 7) is 1.18. The number of hydrogen-bond donors (Lipinski definition) is 1. The third-order valence-electron chi connectivity index (χ3n) is 4.39. The van der Waals surface area contributed by atoms with Crippen LogP contribution in [0, 0.1) is 0 Å². The molecule has 1 heterocycles. The first-order valence-electron chi connectivity index (χ1n) is 7.29. The van der Waals surface area contributed by atoms with Crippen molar-refractivity contribution in [1.82, 2.24) is 5.32 Å². The predicted molar refractivity (Wildman–Crippen MR) is 74.4 cm³/mol. The minimum absolute atomic E-state index is 0.653. The molecule has 2 aliphatic rings. The molecule has 0 saturated carbocycles. The van der Waals surface area contributed by atoms with Gasteiger partial charge < -0.3 is 10.1 Å². The van der Waals surface area contributed by atoms with Gasteiger partial charge in [-0.05, 0) is 68.2 Å². The second-order valence-corrected chi connectivity index (χ2v) is 5.60. The van der Waals surface area contributed by atoms with Gasteiger partial charge in [0.15, 0.2) is 0 Å². The highest BCUT2D eigenvalue weighted by atomic mass is 16.5. The normalized spacial score (nSPS) is 22.8. The number of fused-ring (bicyclic) bond motifs is 1. The smallest absolute Gasteiger partial charge is 0.125 e. The first-order valence-corrected chi connectivity index (χ1v) is 7.29. The van der Waals surface area contributed by atoms with Crippen LogP contribution in [-0.2, 0) is 19.3 Å². The van der Waals surface area contributed by atoms with E-state index in [-0.39, 0.29) is 0 Å². The Bertz CT molecular complexity index is 421. The van der Waals surface area contributed by atoms with Crippen molar-refractivity contribution in [2.75, 3.05) is 13.7 Å². The van der Waals surface area contributed by atoms with E-state index in [1.807, 2.05) is 7.11 Å². The van der Waals surface area contributed by atoms with Crippen molar-refractivity contribution >= 4 is 0 Å². The SMILES string of the molecule is COc1c(CC2CCCN2)ccc2c1CCCC2. The Morgan fingerprint density at radius 3 is 2.89 bits per heavy atom. The fourth-order valence-electron chi connectivity index (χ4n) is 3.45. The first-order chi connectivity index (χ1) is 8.88. The van der Waals surface area contributed by atoms with E-state index in [1.165, 1.54) is 67.5 Å². The van der Waals surface area contributed by atoms with Crippen molar-refractivity contribution < 1.29 is 4.74 Å². The van der Waals surface area contributed by atoms with Crippen molar-refractivity contribution in [3.8, 4) is 5.75 Å². The summed E-state index contributed by atoms with van der Waals surface area (Å²) in [7, 11) is 1.83. The van der Waals surface area contributed by atoms with Crippen LogP contribution in [0.4, 0.5) is 0 Å². The maximum Gasteiger partial charge on any atom is 0.125 e. The summed E-state index contributed by atoms with van der Waals surface area (Å²) >= 11 is 0. The molecule has 1 fully saturated rings. The van der Waals surface area contributed by atoms with E-state index in [1.54, 1.807) is 0 Å². The molecular weight excluding hydrogens is 222 g/mol. The van der Waals surface area contributed by atoms with Crippen LogP contribution in [0.2, 0.25) is 0 Å². The van der Waals surface area contributed by atoms with Crippen molar-refractivity contribution in [3.05, 3.63) is 28.8 Å². The lowest BCUT2D eigenvalue weighted by Crippen LogP contribution is -2.24. The van der Waals surface area contributed by atoms with E-state index in [0.29, 0.717) is 6.04 Å². The molecule has 1 saturated heterocycles. The Hall–Kier alpha value is -1.02. The Balaban J connectivity index is 1.88. The van der Waals surface area contributed by atoms with Gasteiger partial charge in [-0.3, -0.25) is 0 Å². The molecule has 0 radical (unpaired) electrons. The van der Waals surface area contributed by atoms with Crippen LogP contribution in [0.1, 0.15) is 42.4 Å². The molecule has 1 unspecified atom stereocenters. The Labute approximate surface area is 110 Å². The lowest BCUT2D eigenvalue weighted by Gasteiger charge is -2.22. The molecule has 1 aromatic rings. The van der Waals surface area contributed by atoms with Gasteiger partial charge in [-0.1, -0.05) is 12.1 Å². The highest BCUT2D eigenvalue weighted by molar-refractivity contribution is 5.48. The molecule has 0 bridgehead atoms. The molecule has 1 atom stereocenters. The zero-order chi connectivity index (χ0) is 12.4. The van der Waals surface area contributed by atoms with Gasteiger partial charge in [-0.25, -0.2) is 0 Å². The third kappa shape index (κ3) is 2.26. The van der Waals surface area contributed by atoms with Crippen LogP contribution in [0.25, 0.3) is 0 Å². The molecule has 2 nitrogen and oxygen atoms in total. The average Bonchev–Trinajstić information content (AvgIpc) is 2.91. The average molecular weight is 245 g/mol. The number of methoxy groups -OCH3 is 1. The van der Waals surface area contributed by atoms with E-state index < -0.39 is 0 Å². The standard InChI is InChI=1S/C16H23NO/c1-18-16-13(11-14-6-4-10-17-14)9-8-12-5-2-3-7-15(12)16/h8-9,14,17H,2-7,10-11H2,1H3. The molecule has 18 heavy (non-hydrogen) atoms. The fraction of sp³-hybridized carbons (Fsp3) is 0.625. The molecule has 1 aliphatic carbocycles. The predicted octanol–water partition coefficient (Wildman–Crippen LogP) is 2.87. The Morgan fingerprint density at radius 1 is 1.22 bits per heavy atom. The van der Waals surface area contributed by atoms with Crippen LogP contribution in [-0.4, -0.2) is 19.7 Å². The molecule has 0 amide bonds. The summed E-state index contributed by atoms with van der Waals surface area (Å²) in [5.74, 6) is 1.18. The summed E-state index contributed by atoms with van der Waals surface area (Å²) in [5, 5.41) is 3.58. The van der Waals surface area contributed by atoms with Gasteiger partial charge in [0.2, 0.25) is 0 Å². The Kier molecular flexibility index (Phi) is 3.55. The summed E-state index contributed by atoms with van der Waals surface area (Å²) < 4.78 is 5.73. The van der Waals surface area contributed by atoms with Crippen LogP contribution in [0.5, 0.6) is 5.75 Å². The van der Waals surface area contributed by atoms with Crippen LogP contribution < -0.4 is 10.1 Å². The molecule has 1 aromatic carbocycles. The lowest BCUT2D eigenvalue weighted by molar-refractivity contribution is 0.398. The minimum atomic E-state index is 0.653. The van der Waals surface area contributed by atoms with E-state index in [2.05, 4.69) is 17.4 Å². The zero-order valence-corrected chi connectivity index (χ0v) is 11.3. The van der Waals surface area contributed by atoms with Gasteiger partial charge in [0, 0.05) is 6.04 Å². The van der Waals surface area contributed by atoms with E-state index in [4.69, 9.17) is 4.74 Å². The third-order valence-corrected chi connectivity index (χ3v) is 4.39. The van der Waals surface area contributed by atoms with Gasteiger partial charge in [-0.15, -0.1) is 0 Å². The molecule has 98 valence electrons. The number of benzene rings is 1. The van der Waals surface area contributed by atoms with E-state index in [0.717, 1.165) is 6.42 Å². The molecule has 1 N–H and O–H groups in total. The lowest BCUT2D eigenvalue weighted by atomic mass is 9.88. The van der Waals surface area contributed by atoms with Crippen molar-refractivity contribution in [2.45, 2.75) is 51.0 Å². The Morgan fingerprint density at radius 2 is 2.11 bits per heavy atom. The number of nitrogens with one attached hydrogen (secondary N) is 1. The van der Waals surface area contributed by atoms with Crippen LogP contribution in [0.15, 0.2) is 12.1 Å². The zero-order valence-electron chi connectivity index (χ0n) is 11.3. The van der Waals surface area contributed by atoms with Gasteiger partial charge in [0.1, 0.15) is 5.75 Å². The van der Waals surface area contributed by atoms with Crippen LogP contribution >= 0.6 is 0 Å². The van der Waals surface area contributed by atoms with Gasteiger partial charge in [0.05, 0.1) is 7.11 Å². The quantitative estimate of drug-likeness (QED) is 0.884. The molecule has 1 aliphatic heterocycles. The van der Waals surface area contributed by atoms with Gasteiger partial charge in [0.25, 0.3) is 0 Å². The maximum absolute atomic E-state index is 5.73. The summed E-state index contributed by atoms with van der Waals surface area (Å²) in [4.78, 5) is 0. The summed E-state index contributed by atoms with van der Waals surface area (Å²) in [6, 6.07) is 5.28. The maximum atomic E-state index is 5.73. The first kappa shape index (κ1) is 12.0. The van der Waals surface area contributed by atoms with Crippen molar-refractivity contribution in [1.29, 1.82) is 0 Å². The van der Waals surface area contributed by atoms with Crippen LogP contribution in [0.3, 0.4) is 0 Å². The largest absolute Gasteiger partial charge is 0.496 e. The molecule has 0 spiro atoms. The van der Waals surface area contributed by atoms with Gasteiger partial charge in [-0.2, -0.15) is 0 Å². The summed E-state index contributed by atoms with van der Waals surface area (Å²) in [5.41, 5.74) is 4.40. The molecule has 3 rings (SSSR count). The molecule has 2 heteroatoms. The number of ether oxygens (including phenoxy) is 1. The second kappa shape index (κ2) is 5.31. The topological polar surface area (TPSA) is 21.3 Å². The number of aryl methyl sites for hydroxylation is 1.